The summed E-state index contributed by atoms with van der Waals surface area (Å²) in [5, 5.41) is 6.45. The molecule has 0 heterocycles. The van der Waals surface area contributed by atoms with Gasteiger partial charge in [-0.3, -0.25) is 4.79 Å². The number of hydrogen-bond acceptors (Lipinski definition) is 2. The van der Waals surface area contributed by atoms with E-state index in [0.717, 1.165) is 5.69 Å². The van der Waals surface area contributed by atoms with Crippen LogP contribution in [0.5, 0.6) is 0 Å². The summed E-state index contributed by atoms with van der Waals surface area (Å²) in [7, 11) is 0. The molecule has 1 fully saturated rings. The molecule has 1 aliphatic carbocycles. The van der Waals surface area contributed by atoms with Crippen LogP contribution in [0.3, 0.4) is 0 Å². The van der Waals surface area contributed by atoms with E-state index in [1.54, 1.807) is 0 Å². The zero-order chi connectivity index (χ0) is 14.4. The van der Waals surface area contributed by atoms with Gasteiger partial charge in [0, 0.05) is 11.7 Å². The van der Waals surface area contributed by atoms with Crippen LogP contribution >= 0.6 is 0 Å². The topological polar surface area (TPSA) is 41.1 Å². The SMILES string of the molecule is Cc1ccc(NC(=O)C(C)NC2CCCCCC2)cc1. The molecule has 3 heteroatoms. The first-order valence-corrected chi connectivity index (χ1v) is 7.79. The summed E-state index contributed by atoms with van der Waals surface area (Å²) >= 11 is 0. The Morgan fingerprint density at radius 1 is 1.10 bits per heavy atom. The van der Waals surface area contributed by atoms with Gasteiger partial charge in [-0.2, -0.15) is 0 Å². The second-order valence-electron chi connectivity index (χ2n) is 5.93. The van der Waals surface area contributed by atoms with Gasteiger partial charge >= 0.3 is 0 Å². The smallest absolute Gasteiger partial charge is 0.241 e. The molecule has 2 N–H and O–H groups in total. The number of carbonyl (C=O) groups is 1. The lowest BCUT2D eigenvalue weighted by molar-refractivity contribution is -0.118. The van der Waals surface area contributed by atoms with E-state index < -0.39 is 0 Å². The van der Waals surface area contributed by atoms with Gasteiger partial charge in [-0.1, -0.05) is 43.4 Å². The van der Waals surface area contributed by atoms with Crippen molar-refractivity contribution < 1.29 is 4.79 Å². The number of carbonyl (C=O) groups excluding carboxylic acids is 1. The first-order chi connectivity index (χ1) is 9.65. The van der Waals surface area contributed by atoms with Crippen molar-refractivity contribution in [1.29, 1.82) is 0 Å². The second-order valence-corrected chi connectivity index (χ2v) is 5.93. The van der Waals surface area contributed by atoms with Crippen LogP contribution in [0.25, 0.3) is 0 Å². The summed E-state index contributed by atoms with van der Waals surface area (Å²) in [6.07, 6.45) is 7.63. The summed E-state index contributed by atoms with van der Waals surface area (Å²) in [6.45, 7) is 4.00. The molecule has 3 nitrogen and oxygen atoms in total. The maximum absolute atomic E-state index is 12.2. The first-order valence-electron chi connectivity index (χ1n) is 7.79. The second kappa shape index (κ2) is 7.44. The van der Waals surface area contributed by atoms with Gasteiger partial charge < -0.3 is 10.6 Å². The van der Waals surface area contributed by atoms with Crippen LogP contribution < -0.4 is 10.6 Å². The molecule has 0 saturated heterocycles. The average molecular weight is 274 g/mol. The minimum atomic E-state index is -0.139. The third kappa shape index (κ3) is 4.64. The highest BCUT2D eigenvalue weighted by molar-refractivity contribution is 5.94. The molecule has 0 bridgehead atoms. The number of anilines is 1. The molecule has 0 aromatic heterocycles. The molecule has 2 rings (SSSR count). The van der Waals surface area contributed by atoms with E-state index in [1.165, 1.54) is 44.1 Å². The Balaban J connectivity index is 1.83. The fraction of sp³-hybridized carbons (Fsp3) is 0.588. The highest BCUT2D eigenvalue weighted by atomic mass is 16.2. The van der Waals surface area contributed by atoms with Crippen molar-refractivity contribution in [3.63, 3.8) is 0 Å². The molecule has 1 atom stereocenters. The summed E-state index contributed by atoms with van der Waals surface area (Å²) in [5.41, 5.74) is 2.07. The predicted molar refractivity (Wildman–Crippen MR) is 83.9 cm³/mol. The van der Waals surface area contributed by atoms with E-state index in [-0.39, 0.29) is 11.9 Å². The summed E-state index contributed by atoms with van der Waals surface area (Å²) < 4.78 is 0. The van der Waals surface area contributed by atoms with Gasteiger partial charge in [-0.15, -0.1) is 0 Å². The molecule has 0 spiro atoms. The number of aryl methyl sites for hydroxylation is 1. The fourth-order valence-corrected chi connectivity index (χ4v) is 2.76. The molecule has 1 unspecified atom stereocenters. The van der Waals surface area contributed by atoms with Crippen molar-refractivity contribution in [3.05, 3.63) is 29.8 Å². The highest BCUT2D eigenvalue weighted by Crippen LogP contribution is 2.18. The van der Waals surface area contributed by atoms with E-state index in [9.17, 15) is 4.79 Å². The Labute approximate surface area is 122 Å². The molecule has 0 radical (unpaired) electrons. The van der Waals surface area contributed by atoms with Crippen LogP contribution in [0.15, 0.2) is 24.3 Å². The van der Waals surface area contributed by atoms with Gasteiger partial charge in [0.05, 0.1) is 6.04 Å². The van der Waals surface area contributed by atoms with Crippen molar-refractivity contribution in [1.82, 2.24) is 5.32 Å². The Hall–Kier alpha value is -1.35. The number of benzene rings is 1. The number of nitrogens with one attached hydrogen (secondary N) is 2. The Morgan fingerprint density at radius 2 is 1.70 bits per heavy atom. The van der Waals surface area contributed by atoms with Crippen LogP contribution in [0, 0.1) is 6.92 Å². The fourth-order valence-electron chi connectivity index (χ4n) is 2.76. The Kier molecular flexibility index (Phi) is 5.60. The Bertz CT molecular complexity index is 419. The molecule has 110 valence electrons. The molecule has 1 aromatic rings. The minimum absolute atomic E-state index is 0.0538. The molecule has 1 saturated carbocycles. The minimum Gasteiger partial charge on any atom is -0.325 e. The van der Waals surface area contributed by atoms with E-state index >= 15 is 0 Å². The van der Waals surface area contributed by atoms with Crippen molar-refractivity contribution in [3.8, 4) is 0 Å². The summed E-state index contributed by atoms with van der Waals surface area (Å²) in [4.78, 5) is 12.2. The van der Waals surface area contributed by atoms with E-state index in [0.29, 0.717) is 6.04 Å². The maximum Gasteiger partial charge on any atom is 0.241 e. The van der Waals surface area contributed by atoms with Crippen LogP contribution in [0.4, 0.5) is 5.69 Å². The van der Waals surface area contributed by atoms with Crippen LogP contribution in [0.2, 0.25) is 0 Å². The lowest BCUT2D eigenvalue weighted by Gasteiger charge is -2.21. The van der Waals surface area contributed by atoms with E-state index in [4.69, 9.17) is 0 Å². The van der Waals surface area contributed by atoms with E-state index in [2.05, 4.69) is 10.6 Å². The summed E-state index contributed by atoms with van der Waals surface area (Å²) in [6, 6.07) is 8.28. The first kappa shape index (κ1) is 15.0. The normalized spacial score (nSPS) is 18.3. The van der Waals surface area contributed by atoms with Crippen LogP contribution in [-0.4, -0.2) is 18.0 Å². The third-order valence-electron chi connectivity index (χ3n) is 4.05. The van der Waals surface area contributed by atoms with Gasteiger partial charge in [0.2, 0.25) is 5.91 Å². The standard InChI is InChI=1S/C17H26N2O/c1-13-9-11-16(12-10-13)19-17(20)14(2)18-15-7-5-3-4-6-8-15/h9-12,14-15,18H,3-8H2,1-2H3,(H,19,20). The van der Waals surface area contributed by atoms with Gasteiger partial charge in [0.1, 0.15) is 0 Å². The molecule has 1 aliphatic rings. The monoisotopic (exact) mass is 274 g/mol. The lowest BCUT2D eigenvalue weighted by Crippen LogP contribution is -2.43. The molecule has 1 aromatic carbocycles. The zero-order valence-corrected chi connectivity index (χ0v) is 12.6. The maximum atomic E-state index is 12.2. The largest absolute Gasteiger partial charge is 0.325 e. The van der Waals surface area contributed by atoms with Gasteiger partial charge in [-0.25, -0.2) is 0 Å². The molecule has 1 amide bonds. The zero-order valence-electron chi connectivity index (χ0n) is 12.6. The van der Waals surface area contributed by atoms with E-state index in [1.807, 2.05) is 38.1 Å². The number of amides is 1. The lowest BCUT2D eigenvalue weighted by atomic mass is 10.1. The molecule has 20 heavy (non-hydrogen) atoms. The average Bonchev–Trinajstić information content (AvgIpc) is 2.70. The van der Waals surface area contributed by atoms with Crippen molar-refractivity contribution in [2.45, 2.75) is 64.5 Å². The molecule has 0 aliphatic heterocycles. The summed E-state index contributed by atoms with van der Waals surface area (Å²) in [5.74, 6) is 0.0538. The van der Waals surface area contributed by atoms with Gasteiger partial charge in [0.25, 0.3) is 0 Å². The van der Waals surface area contributed by atoms with Crippen molar-refractivity contribution >= 4 is 11.6 Å². The molecular weight excluding hydrogens is 248 g/mol. The van der Waals surface area contributed by atoms with Crippen LogP contribution in [0.1, 0.15) is 51.0 Å². The quantitative estimate of drug-likeness (QED) is 0.823. The third-order valence-corrected chi connectivity index (χ3v) is 4.05. The number of rotatable bonds is 4. The van der Waals surface area contributed by atoms with Crippen molar-refractivity contribution in [2.24, 2.45) is 0 Å². The van der Waals surface area contributed by atoms with Gasteiger partial charge in [-0.05, 0) is 38.8 Å². The van der Waals surface area contributed by atoms with Gasteiger partial charge in [0.15, 0.2) is 0 Å². The highest BCUT2D eigenvalue weighted by Gasteiger charge is 2.18. The van der Waals surface area contributed by atoms with Crippen LogP contribution in [-0.2, 0) is 4.79 Å². The predicted octanol–water partition coefficient (Wildman–Crippen LogP) is 3.63. The molecular formula is C17H26N2O. The number of hydrogen-bond donors (Lipinski definition) is 2. The van der Waals surface area contributed by atoms with Crippen molar-refractivity contribution in [2.75, 3.05) is 5.32 Å². The Morgan fingerprint density at radius 3 is 2.30 bits per heavy atom.